The second-order valence-corrected chi connectivity index (χ2v) is 7.79. The molecule has 0 aliphatic carbocycles. The molecule has 2 atom stereocenters. The van der Waals surface area contributed by atoms with Gasteiger partial charge < -0.3 is 10.1 Å². The van der Waals surface area contributed by atoms with E-state index in [-0.39, 0.29) is 18.5 Å². The van der Waals surface area contributed by atoms with E-state index >= 15 is 0 Å². The minimum Gasteiger partial charge on any atom is -0.459 e. The van der Waals surface area contributed by atoms with Crippen LogP contribution in [0.5, 0.6) is 0 Å². The third-order valence-electron chi connectivity index (χ3n) is 4.74. The molecule has 1 amide bonds. The van der Waals surface area contributed by atoms with Crippen LogP contribution < -0.4 is 5.32 Å². The Morgan fingerprint density at radius 2 is 1.80 bits per heavy atom. The first-order valence-corrected chi connectivity index (χ1v) is 9.33. The van der Waals surface area contributed by atoms with Gasteiger partial charge in [0.25, 0.3) is 0 Å². The van der Waals surface area contributed by atoms with Crippen molar-refractivity contribution in [1.29, 1.82) is 0 Å². The van der Waals surface area contributed by atoms with Gasteiger partial charge in [0.05, 0.1) is 5.41 Å². The third-order valence-corrected chi connectivity index (χ3v) is 5.46. The Labute approximate surface area is 161 Å². The Hall–Kier alpha value is -1.89. The van der Waals surface area contributed by atoms with Crippen LogP contribution in [-0.2, 0) is 27.4 Å². The molecule has 2 aromatic carbocycles. The third kappa shape index (κ3) is 4.03. The molecule has 1 fully saturated rings. The second-order valence-electron chi connectivity index (χ2n) is 6.54. The highest BCUT2D eigenvalue weighted by Crippen LogP contribution is 2.36. The summed E-state index contributed by atoms with van der Waals surface area (Å²) in [4.78, 5) is 24.5. The average Bonchev–Trinajstić information content (AvgIpc) is 2.64. The fourth-order valence-electron chi connectivity index (χ4n) is 2.95. The van der Waals surface area contributed by atoms with Crippen LogP contribution in [0.4, 0.5) is 0 Å². The van der Waals surface area contributed by atoms with Crippen molar-refractivity contribution >= 4 is 34.5 Å². The van der Waals surface area contributed by atoms with Gasteiger partial charge in [-0.05, 0) is 65.6 Å². The molecule has 3 rings (SSSR count). The molecule has 1 N–H and O–H groups in total. The maximum atomic E-state index is 12.4. The molecule has 0 bridgehead atoms. The Morgan fingerprint density at radius 1 is 1.12 bits per heavy atom. The Bertz CT molecular complexity index is 760. The van der Waals surface area contributed by atoms with E-state index < -0.39 is 11.5 Å². The molecule has 0 spiro atoms. The maximum absolute atomic E-state index is 12.4. The van der Waals surface area contributed by atoms with Crippen molar-refractivity contribution < 1.29 is 14.3 Å². The summed E-state index contributed by atoms with van der Waals surface area (Å²) in [5.41, 5.74) is 1.39. The molecule has 0 aromatic heterocycles. The molecule has 0 saturated carbocycles. The van der Waals surface area contributed by atoms with E-state index in [9.17, 15) is 9.59 Å². The molecule has 1 aliphatic heterocycles. The van der Waals surface area contributed by atoms with Crippen molar-refractivity contribution in [2.45, 2.75) is 32.4 Å². The highest BCUT2D eigenvalue weighted by atomic mass is 127. The van der Waals surface area contributed by atoms with Gasteiger partial charge >= 0.3 is 5.97 Å². The molecule has 130 valence electrons. The van der Waals surface area contributed by atoms with E-state index in [1.807, 2.05) is 49.4 Å². The summed E-state index contributed by atoms with van der Waals surface area (Å²) in [6.07, 6.45) is 1.37. The smallest absolute Gasteiger partial charge is 0.330 e. The zero-order chi connectivity index (χ0) is 17.9. The van der Waals surface area contributed by atoms with Crippen LogP contribution in [0, 0.1) is 8.99 Å². The van der Waals surface area contributed by atoms with Gasteiger partial charge in [-0.1, -0.05) is 42.5 Å². The van der Waals surface area contributed by atoms with Gasteiger partial charge in [0.2, 0.25) is 5.91 Å². The van der Waals surface area contributed by atoms with E-state index in [0.717, 1.165) is 17.5 Å². The van der Waals surface area contributed by atoms with Crippen LogP contribution in [0.15, 0.2) is 54.6 Å². The highest BCUT2D eigenvalue weighted by molar-refractivity contribution is 14.1. The number of amides is 1. The van der Waals surface area contributed by atoms with Gasteiger partial charge in [-0.25, -0.2) is 4.79 Å². The summed E-state index contributed by atoms with van der Waals surface area (Å²) in [6.45, 7) is 2.06. The standard InChI is InChI=1S/C20H20INO3/c1-20(12-11-14-7-9-16(21)10-8-14)17(22-19(20)24)18(23)25-13-15-5-3-2-4-6-15/h2-10,17H,11-13H2,1H3,(H,22,24)/t17-,20-/m1/s1. The van der Waals surface area contributed by atoms with Crippen LogP contribution in [0.2, 0.25) is 0 Å². The summed E-state index contributed by atoms with van der Waals surface area (Å²) in [7, 11) is 0. The predicted molar refractivity (Wildman–Crippen MR) is 104 cm³/mol. The summed E-state index contributed by atoms with van der Waals surface area (Å²) in [6, 6.07) is 17.2. The molecule has 0 radical (unpaired) electrons. The largest absolute Gasteiger partial charge is 0.459 e. The van der Waals surface area contributed by atoms with Crippen molar-refractivity contribution in [2.24, 2.45) is 5.41 Å². The topological polar surface area (TPSA) is 55.4 Å². The summed E-state index contributed by atoms with van der Waals surface area (Å²) < 4.78 is 6.57. The van der Waals surface area contributed by atoms with Crippen molar-refractivity contribution in [3.63, 3.8) is 0 Å². The number of benzene rings is 2. The zero-order valence-electron chi connectivity index (χ0n) is 14.0. The number of aryl methyl sites for hydroxylation is 1. The SMILES string of the molecule is C[C@]1(CCc2ccc(I)cc2)C(=O)N[C@@H]1C(=O)OCc1ccccc1. The van der Waals surface area contributed by atoms with Crippen molar-refractivity contribution in [2.75, 3.05) is 0 Å². The number of halogens is 1. The van der Waals surface area contributed by atoms with E-state index in [0.29, 0.717) is 6.42 Å². The van der Waals surface area contributed by atoms with Gasteiger partial charge in [0.1, 0.15) is 12.6 Å². The highest BCUT2D eigenvalue weighted by Gasteiger charge is 2.55. The van der Waals surface area contributed by atoms with Gasteiger partial charge in [0.15, 0.2) is 0 Å². The fourth-order valence-corrected chi connectivity index (χ4v) is 3.31. The summed E-state index contributed by atoms with van der Waals surface area (Å²) in [5.74, 6) is -0.451. The second kappa shape index (κ2) is 7.56. The van der Waals surface area contributed by atoms with Crippen molar-refractivity contribution in [3.8, 4) is 0 Å². The quantitative estimate of drug-likeness (QED) is 0.418. The van der Waals surface area contributed by atoms with Gasteiger partial charge in [0, 0.05) is 3.57 Å². The van der Waals surface area contributed by atoms with E-state index in [1.165, 1.54) is 3.57 Å². The minimum absolute atomic E-state index is 0.0836. The first kappa shape index (κ1) is 17.9. The van der Waals surface area contributed by atoms with Crippen LogP contribution >= 0.6 is 22.6 Å². The molecular weight excluding hydrogens is 429 g/mol. The number of hydrogen-bond acceptors (Lipinski definition) is 3. The minimum atomic E-state index is -0.712. The van der Waals surface area contributed by atoms with E-state index in [2.05, 4.69) is 40.0 Å². The van der Waals surface area contributed by atoms with Crippen LogP contribution in [0.1, 0.15) is 24.5 Å². The van der Waals surface area contributed by atoms with Crippen LogP contribution in [0.25, 0.3) is 0 Å². The maximum Gasteiger partial charge on any atom is 0.330 e. The Balaban J connectivity index is 1.58. The van der Waals surface area contributed by atoms with Crippen LogP contribution in [-0.4, -0.2) is 17.9 Å². The van der Waals surface area contributed by atoms with Gasteiger partial charge in [-0.15, -0.1) is 0 Å². The van der Waals surface area contributed by atoms with Crippen molar-refractivity contribution in [1.82, 2.24) is 5.32 Å². The molecule has 4 nitrogen and oxygen atoms in total. The fraction of sp³-hybridized carbons (Fsp3) is 0.300. The average molecular weight is 449 g/mol. The number of nitrogens with one attached hydrogen (secondary N) is 1. The first-order valence-electron chi connectivity index (χ1n) is 8.25. The number of esters is 1. The predicted octanol–water partition coefficient (Wildman–Crippen LogP) is 3.47. The number of β-lactam (4-membered cyclic amide) rings is 1. The lowest BCUT2D eigenvalue weighted by Crippen LogP contribution is -2.69. The molecule has 1 saturated heterocycles. The molecule has 25 heavy (non-hydrogen) atoms. The Kier molecular flexibility index (Phi) is 5.42. The molecule has 5 heteroatoms. The lowest BCUT2D eigenvalue weighted by molar-refractivity contribution is -0.166. The number of ether oxygens (including phenoxy) is 1. The van der Waals surface area contributed by atoms with Crippen molar-refractivity contribution in [3.05, 3.63) is 69.3 Å². The number of hydrogen-bond donors (Lipinski definition) is 1. The Morgan fingerprint density at radius 3 is 2.44 bits per heavy atom. The molecule has 1 heterocycles. The molecule has 0 unspecified atom stereocenters. The summed E-state index contributed by atoms with van der Waals surface area (Å²) >= 11 is 2.26. The van der Waals surface area contributed by atoms with Gasteiger partial charge in [-0.2, -0.15) is 0 Å². The molecule has 2 aromatic rings. The lowest BCUT2D eigenvalue weighted by Gasteiger charge is -2.44. The summed E-state index contributed by atoms with van der Waals surface area (Å²) in [5, 5.41) is 2.70. The van der Waals surface area contributed by atoms with Gasteiger partial charge in [-0.3, -0.25) is 4.79 Å². The van der Waals surface area contributed by atoms with E-state index in [4.69, 9.17) is 4.74 Å². The number of rotatable bonds is 6. The lowest BCUT2D eigenvalue weighted by atomic mass is 9.70. The van der Waals surface area contributed by atoms with E-state index in [1.54, 1.807) is 0 Å². The monoisotopic (exact) mass is 449 g/mol. The number of carbonyl (C=O) groups is 2. The first-order chi connectivity index (χ1) is 12.0. The van der Waals surface area contributed by atoms with Crippen LogP contribution in [0.3, 0.4) is 0 Å². The molecular formula is C20H20INO3. The normalized spacial score (nSPS) is 22.0. The number of carbonyl (C=O) groups excluding carboxylic acids is 2. The zero-order valence-corrected chi connectivity index (χ0v) is 16.2. The molecule has 1 aliphatic rings.